The lowest BCUT2D eigenvalue weighted by molar-refractivity contribution is -0.116. The summed E-state index contributed by atoms with van der Waals surface area (Å²) in [7, 11) is -4.06. The van der Waals surface area contributed by atoms with Gasteiger partial charge in [-0.25, -0.2) is 21.6 Å². The molecule has 3 rings (SSSR count). The van der Waals surface area contributed by atoms with E-state index in [0.717, 1.165) is 21.5 Å². The van der Waals surface area contributed by atoms with Gasteiger partial charge in [0.05, 0.1) is 17.1 Å². The van der Waals surface area contributed by atoms with E-state index in [1.165, 1.54) is 12.1 Å². The lowest BCUT2D eigenvalue weighted by Crippen LogP contribution is -2.39. The highest BCUT2D eigenvalue weighted by atomic mass is 32.2. The van der Waals surface area contributed by atoms with Crippen molar-refractivity contribution in [2.24, 2.45) is 0 Å². The fourth-order valence-electron chi connectivity index (χ4n) is 3.01. The average Bonchev–Trinajstić information content (AvgIpc) is 2.78. The van der Waals surface area contributed by atoms with Gasteiger partial charge >= 0.3 is 0 Å². The molecule has 168 valence electrons. The predicted octanol–water partition coefficient (Wildman–Crippen LogP) is 4.28. The third-order valence-corrected chi connectivity index (χ3v) is 6.64. The minimum atomic E-state index is -4.06. The largest absolute Gasteiger partial charge is 0.322 e. The molecule has 5 nitrogen and oxygen atoms in total. The smallest absolute Gasteiger partial charge is 0.243 e. The highest BCUT2D eigenvalue weighted by Crippen LogP contribution is 2.21. The van der Waals surface area contributed by atoms with E-state index in [0.29, 0.717) is 12.5 Å². The topological polar surface area (TPSA) is 66.5 Å². The van der Waals surface area contributed by atoms with Gasteiger partial charge in [0.1, 0.15) is 0 Å². The van der Waals surface area contributed by atoms with Gasteiger partial charge in [-0.2, -0.15) is 4.31 Å². The van der Waals surface area contributed by atoms with Gasteiger partial charge in [-0.1, -0.05) is 48.0 Å². The third kappa shape index (κ3) is 5.54. The molecule has 0 radical (unpaired) electrons. The lowest BCUT2D eigenvalue weighted by Gasteiger charge is -2.22. The number of anilines is 1. The highest BCUT2D eigenvalue weighted by molar-refractivity contribution is 7.89. The minimum Gasteiger partial charge on any atom is -0.322 e. The summed E-state index contributed by atoms with van der Waals surface area (Å²) in [6.45, 7) is 1.16. The summed E-state index contributed by atoms with van der Waals surface area (Å²) in [4.78, 5) is 12.5. The predicted molar refractivity (Wildman–Crippen MR) is 115 cm³/mol. The number of hydrogen-bond acceptors (Lipinski definition) is 3. The zero-order chi connectivity index (χ0) is 23.3. The molecular weight excluding hydrogens is 441 g/mol. The van der Waals surface area contributed by atoms with E-state index < -0.39 is 45.6 Å². The van der Waals surface area contributed by atoms with Crippen LogP contribution in [0, 0.1) is 24.4 Å². The first-order valence-electron chi connectivity index (χ1n) is 9.72. The first kappa shape index (κ1) is 23.5. The summed E-state index contributed by atoms with van der Waals surface area (Å²) < 4.78 is 67.8. The van der Waals surface area contributed by atoms with Crippen LogP contribution in [0.5, 0.6) is 0 Å². The van der Waals surface area contributed by atoms with Crippen LogP contribution >= 0.6 is 0 Å². The van der Waals surface area contributed by atoms with Crippen molar-refractivity contribution < 1.29 is 26.4 Å². The van der Waals surface area contributed by atoms with Crippen LogP contribution < -0.4 is 5.32 Å². The second kappa shape index (κ2) is 9.97. The van der Waals surface area contributed by atoms with E-state index >= 15 is 0 Å². The van der Waals surface area contributed by atoms with Crippen LogP contribution in [-0.4, -0.2) is 31.7 Å². The van der Waals surface area contributed by atoms with Crippen molar-refractivity contribution in [2.75, 3.05) is 18.4 Å². The lowest BCUT2D eigenvalue weighted by atomic mass is 10.1. The van der Waals surface area contributed by atoms with Crippen molar-refractivity contribution in [3.05, 3.63) is 95.3 Å². The number of sulfonamides is 1. The maximum Gasteiger partial charge on any atom is 0.243 e. The Balaban J connectivity index is 1.83. The molecule has 0 unspecified atom stereocenters. The van der Waals surface area contributed by atoms with Crippen LogP contribution in [0.2, 0.25) is 0 Å². The molecule has 0 bridgehead atoms. The summed E-state index contributed by atoms with van der Waals surface area (Å²) in [5.41, 5.74) is 1.15. The molecule has 1 amide bonds. The van der Waals surface area contributed by atoms with Gasteiger partial charge in [0.15, 0.2) is 17.5 Å². The summed E-state index contributed by atoms with van der Waals surface area (Å²) in [6, 6.07) is 16.8. The Morgan fingerprint density at radius 1 is 0.906 bits per heavy atom. The Morgan fingerprint density at radius 3 is 2.22 bits per heavy atom. The molecule has 9 heteroatoms. The molecule has 0 spiro atoms. The third-order valence-electron chi connectivity index (χ3n) is 4.78. The van der Waals surface area contributed by atoms with E-state index in [1.807, 2.05) is 37.3 Å². The second-order valence-electron chi connectivity index (χ2n) is 7.16. The number of aryl methyl sites for hydroxylation is 1. The van der Waals surface area contributed by atoms with Gasteiger partial charge in [-0.05, 0) is 43.2 Å². The molecule has 1 N–H and O–H groups in total. The SMILES string of the molecule is Cc1ccc(S(=O)(=O)N(CCc2ccccc2)CC(=O)Nc2ccc(F)c(F)c2F)cc1. The standard InChI is InChI=1S/C23H21F3N2O3S/c1-16-7-9-18(10-8-16)32(30,31)28(14-13-17-5-3-2-4-6-17)15-21(29)27-20-12-11-19(24)22(25)23(20)26/h2-12H,13-15H2,1H3,(H,27,29). The van der Waals surface area contributed by atoms with E-state index in [1.54, 1.807) is 12.1 Å². The molecule has 0 saturated carbocycles. The van der Waals surface area contributed by atoms with Crippen LogP contribution in [0.4, 0.5) is 18.9 Å². The number of nitrogens with zero attached hydrogens (tertiary/aromatic N) is 1. The van der Waals surface area contributed by atoms with Gasteiger partial charge in [0.2, 0.25) is 15.9 Å². The highest BCUT2D eigenvalue weighted by Gasteiger charge is 2.27. The first-order chi connectivity index (χ1) is 15.2. The van der Waals surface area contributed by atoms with Gasteiger partial charge < -0.3 is 5.32 Å². The summed E-state index contributed by atoms with van der Waals surface area (Å²) in [5.74, 6) is -5.57. The Bertz CT molecular complexity index is 1200. The molecule has 0 atom stereocenters. The van der Waals surface area contributed by atoms with Crippen molar-refractivity contribution in [2.45, 2.75) is 18.2 Å². The maximum absolute atomic E-state index is 13.9. The van der Waals surface area contributed by atoms with Crippen molar-refractivity contribution in [3.8, 4) is 0 Å². The fourth-order valence-corrected chi connectivity index (χ4v) is 4.41. The normalized spacial score (nSPS) is 11.5. The molecule has 0 aromatic heterocycles. The van der Waals surface area contributed by atoms with Gasteiger partial charge in [-0.15, -0.1) is 0 Å². The molecular formula is C23H21F3N2O3S. The Kier molecular flexibility index (Phi) is 7.32. The van der Waals surface area contributed by atoms with Crippen LogP contribution in [-0.2, 0) is 21.2 Å². The number of halogens is 3. The second-order valence-corrected chi connectivity index (χ2v) is 9.10. The van der Waals surface area contributed by atoms with Crippen LogP contribution in [0.1, 0.15) is 11.1 Å². The van der Waals surface area contributed by atoms with E-state index in [9.17, 15) is 26.4 Å². The van der Waals surface area contributed by atoms with Gasteiger partial charge in [0.25, 0.3) is 0 Å². The summed E-state index contributed by atoms with van der Waals surface area (Å²) in [5, 5.41) is 2.11. The van der Waals surface area contributed by atoms with Crippen LogP contribution in [0.3, 0.4) is 0 Å². The number of amides is 1. The quantitative estimate of drug-likeness (QED) is 0.508. The zero-order valence-corrected chi connectivity index (χ0v) is 18.0. The molecule has 0 saturated heterocycles. The van der Waals surface area contributed by atoms with Crippen LogP contribution in [0.15, 0.2) is 71.6 Å². The van der Waals surface area contributed by atoms with E-state index in [2.05, 4.69) is 5.32 Å². The Morgan fingerprint density at radius 2 is 1.56 bits per heavy atom. The maximum atomic E-state index is 13.9. The zero-order valence-electron chi connectivity index (χ0n) is 17.2. The molecule has 0 fully saturated rings. The average molecular weight is 462 g/mol. The van der Waals surface area contributed by atoms with Crippen LogP contribution in [0.25, 0.3) is 0 Å². The number of nitrogens with one attached hydrogen (secondary N) is 1. The first-order valence-corrected chi connectivity index (χ1v) is 11.2. The van der Waals surface area contributed by atoms with E-state index in [-0.39, 0.29) is 11.4 Å². The minimum absolute atomic E-state index is 0.00275. The fraction of sp³-hybridized carbons (Fsp3) is 0.174. The van der Waals surface area contributed by atoms with Crippen molar-refractivity contribution in [3.63, 3.8) is 0 Å². The Labute approximate surface area is 184 Å². The summed E-state index contributed by atoms with van der Waals surface area (Å²) >= 11 is 0. The molecule has 0 aliphatic carbocycles. The molecule has 0 aliphatic heterocycles. The number of carbonyl (C=O) groups is 1. The number of rotatable bonds is 8. The Hall–Kier alpha value is -3.17. The van der Waals surface area contributed by atoms with E-state index in [4.69, 9.17) is 0 Å². The number of carbonyl (C=O) groups excluding carboxylic acids is 1. The molecule has 0 aliphatic rings. The summed E-state index contributed by atoms with van der Waals surface area (Å²) in [6.07, 6.45) is 0.332. The number of hydrogen-bond donors (Lipinski definition) is 1. The molecule has 3 aromatic carbocycles. The van der Waals surface area contributed by atoms with Crippen molar-refractivity contribution >= 4 is 21.6 Å². The molecule has 0 heterocycles. The van der Waals surface area contributed by atoms with Crippen molar-refractivity contribution in [1.82, 2.24) is 4.31 Å². The van der Waals surface area contributed by atoms with Crippen molar-refractivity contribution in [1.29, 1.82) is 0 Å². The number of benzene rings is 3. The van der Waals surface area contributed by atoms with Gasteiger partial charge in [0, 0.05) is 6.54 Å². The van der Waals surface area contributed by atoms with Gasteiger partial charge in [-0.3, -0.25) is 4.79 Å². The monoisotopic (exact) mass is 462 g/mol. The molecule has 32 heavy (non-hydrogen) atoms. The molecule has 3 aromatic rings.